The highest BCUT2D eigenvalue weighted by Gasteiger charge is 2.24. The Morgan fingerprint density at radius 3 is 2.37 bits per heavy atom. The molecule has 8 heteroatoms. The Kier molecular flexibility index (Phi) is 6.21. The Morgan fingerprint density at radius 2 is 1.69 bits per heavy atom. The smallest absolute Gasteiger partial charge is 0.263 e. The highest BCUT2D eigenvalue weighted by molar-refractivity contribution is 6.07. The van der Waals surface area contributed by atoms with Crippen LogP contribution in [0.1, 0.15) is 29.6 Å². The van der Waals surface area contributed by atoms with E-state index in [2.05, 4.69) is 0 Å². The molecule has 4 aromatic rings. The lowest BCUT2D eigenvalue weighted by Gasteiger charge is -2.27. The average molecular weight is 476 g/mol. The first-order valence-corrected chi connectivity index (χ1v) is 11.9. The quantitative estimate of drug-likeness (QED) is 0.461. The highest BCUT2D eigenvalue weighted by atomic mass is 16.5. The summed E-state index contributed by atoms with van der Waals surface area (Å²) < 4.78 is 14.4. The molecule has 3 heterocycles. The summed E-state index contributed by atoms with van der Waals surface area (Å²) in [6, 6.07) is 11.0. The fraction of sp³-hybridized carbons (Fsp3) is 0.333. The number of aliphatic hydroxyl groups excluding tert-OH is 1. The van der Waals surface area contributed by atoms with Gasteiger partial charge in [-0.25, -0.2) is 0 Å². The Morgan fingerprint density at radius 1 is 0.971 bits per heavy atom. The number of rotatable bonds is 6. The van der Waals surface area contributed by atoms with E-state index in [1.807, 2.05) is 39.9 Å². The number of likely N-dealkylation sites (tertiary alicyclic amines) is 1. The zero-order valence-electron chi connectivity index (χ0n) is 20.0. The highest BCUT2D eigenvalue weighted by Crippen LogP contribution is 2.34. The van der Waals surface area contributed by atoms with Gasteiger partial charge in [0.2, 0.25) is 0 Å². The van der Waals surface area contributed by atoms with E-state index in [4.69, 9.17) is 9.47 Å². The number of carbonyl (C=O) groups excluding carboxylic acids is 1. The number of fused-ring (bicyclic) bond motifs is 2. The number of nitrogens with zero attached hydrogens (tertiary/aromatic N) is 3. The Hall–Kier alpha value is -3.78. The number of hydrogen-bond acceptors (Lipinski definition) is 5. The van der Waals surface area contributed by atoms with Gasteiger partial charge in [0.25, 0.3) is 11.5 Å². The number of benzene rings is 2. The molecule has 2 aromatic carbocycles. The summed E-state index contributed by atoms with van der Waals surface area (Å²) >= 11 is 0. The number of amides is 1. The van der Waals surface area contributed by atoms with Gasteiger partial charge < -0.3 is 24.0 Å². The second-order valence-electron chi connectivity index (χ2n) is 8.77. The van der Waals surface area contributed by atoms with E-state index in [1.54, 1.807) is 22.9 Å². The van der Waals surface area contributed by atoms with Crippen molar-refractivity contribution in [3.8, 4) is 17.2 Å². The van der Waals surface area contributed by atoms with E-state index in [0.29, 0.717) is 53.2 Å². The largest absolute Gasteiger partial charge is 0.493 e. The molecule has 1 amide bonds. The summed E-state index contributed by atoms with van der Waals surface area (Å²) in [6.45, 7) is 1.87. The van der Waals surface area contributed by atoms with E-state index in [1.165, 1.54) is 14.2 Å². The van der Waals surface area contributed by atoms with Crippen LogP contribution in [0, 0.1) is 0 Å². The van der Waals surface area contributed by atoms with Crippen molar-refractivity contribution in [1.29, 1.82) is 0 Å². The molecule has 182 valence electrons. The van der Waals surface area contributed by atoms with E-state index in [0.717, 1.165) is 30.2 Å². The second kappa shape index (κ2) is 9.46. The summed E-state index contributed by atoms with van der Waals surface area (Å²) in [6.07, 6.45) is 6.61. The molecular weight excluding hydrogens is 446 g/mol. The number of aliphatic hydroxyl groups is 1. The number of methoxy groups -OCH3 is 2. The van der Waals surface area contributed by atoms with Crippen molar-refractivity contribution in [3.63, 3.8) is 0 Å². The van der Waals surface area contributed by atoms with Crippen molar-refractivity contribution in [2.75, 3.05) is 33.9 Å². The minimum Gasteiger partial charge on any atom is -0.493 e. The molecule has 1 saturated heterocycles. The predicted molar refractivity (Wildman–Crippen MR) is 135 cm³/mol. The standard InChI is InChI=1S/C27H29N3O5/c1-34-24-15-19-20(16-25(24)35-2)27(33)30(17-21(19)26(32)29-10-4-3-5-11-29)23-8-6-7-22-18(23)9-12-28(22)13-14-31/h6-9,12,15-17,31H,3-5,10-11,13-14H2,1-2H3. The third kappa shape index (κ3) is 3.93. The number of hydrogen-bond donors (Lipinski definition) is 1. The molecule has 0 radical (unpaired) electrons. The number of piperidine rings is 1. The number of carbonyl (C=O) groups is 1. The first kappa shape index (κ1) is 23.0. The summed E-state index contributed by atoms with van der Waals surface area (Å²) in [5, 5.41) is 11.2. The van der Waals surface area contributed by atoms with Crippen LogP contribution in [0.25, 0.3) is 27.4 Å². The van der Waals surface area contributed by atoms with Gasteiger partial charge in [0, 0.05) is 42.8 Å². The van der Waals surface area contributed by atoms with E-state index in [9.17, 15) is 14.7 Å². The fourth-order valence-corrected chi connectivity index (χ4v) is 5.00. The Balaban J connectivity index is 1.79. The molecule has 8 nitrogen and oxygen atoms in total. The lowest BCUT2D eigenvalue weighted by atomic mass is 10.0. The minimum absolute atomic E-state index is 0.0139. The van der Waals surface area contributed by atoms with Gasteiger partial charge >= 0.3 is 0 Å². The fourth-order valence-electron chi connectivity index (χ4n) is 5.00. The van der Waals surface area contributed by atoms with Crippen LogP contribution in [0.3, 0.4) is 0 Å². The van der Waals surface area contributed by atoms with Gasteiger partial charge in [-0.15, -0.1) is 0 Å². The summed E-state index contributed by atoms with van der Waals surface area (Å²) in [5.74, 6) is 0.798. The monoisotopic (exact) mass is 475 g/mol. The lowest BCUT2D eigenvalue weighted by Crippen LogP contribution is -2.36. The number of pyridine rings is 1. The van der Waals surface area contributed by atoms with Crippen LogP contribution >= 0.6 is 0 Å². The molecule has 1 aliphatic rings. The van der Waals surface area contributed by atoms with Crippen LogP contribution in [0.5, 0.6) is 11.5 Å². The molecule has 0 aliphatic carbocycles. The van der Waals surface area contributed by atoms with Crippen molar-refractivity contribution in [3.05, 3.63) is 64.7 Å². The number of ether oxygens (including phenoxy) is 2. The first-order valence-electron chi connectivity index (χ1n) is 11.9. The van der Waals surface area contributed by atoms with Gasteiger partial charge in [-0.1, -0.05) is 6.07 Å². The van der Waals surface area contributed by atoms with Crippen LogP contribution < -0.4 is 15.0 Å². The molecule has 2 aromatic heterocycles. The summed E-state index contributed by atoms with van der Waals surface area (Å²) in [4.78, 5) is 29.4. The van der Waals surface area contributed by atoms with Gasteiger partial charge in [-0.2, -0.15) is 0 Å². The van der Waals surface area contributed by atoms with Gasteiger partial charge in [0.1, 0.15) is 0 Å². The molecule has 0 unspecified atom stereocenters. The van der Waals surface area contributed by atoms with Crippen LogP contribution in [0.15, 0.2) is 53.6 Å². The SMILES string of the molecule is COc1cc2c(C(=O)N3CCCCC3)cn(-c3cccc4c3ccn4CCO)c(=O)c2cc1OC. The van der Waals surface area contributed by atoms with Gasteiger partial charge in [-0.05, 0) is 49.6 Å². The molecule has 0 bridgehead atoms. The second-order valence-corrected chi connectivity index (χ2v) is 8.77. The van der Waals surface area contributed by atoms with Crippen molar-refractivity contribution < 1.29 is 19.4 Å². The van der Waals surface area contributed by atoms with Crippen molar-refractivity contribution in [2.24, 2.45) is 0 Å². The minimum atomic E-state index is -0.251. The van der Waals surface area contributed by atoms with Gasteiger partial charge in [-0.3, -0.25) is 14.2 Å². The molecule has 1 fully saturated rings. The summed E-state index contributed by atoms with van der Waals surface area (Å²) in [7, 11) is 3.06. The maximum absolute atomic E-state index is 13.8. The van der Waals surface area contributed by atoms with E-state index >= 15 is 0 Å². The van der Waals surface area contributed by atoms with Crippen molar-refractivity contribution in [2.45, 2.75) is 25.8 Å². The third-order valence-corrected chi connectivity index (χ3v) is 6.79. The van der Waals surface area contributed by atoms with Crippen molar-refractivity contribution in [1.82, 2.24) is 14.0 Å². The molecule has 5 rings (SSSR count). The van der Waals surface area contributed by atoms with Crippen molar-refractivity contribution >= 4 is 27.6 Å². The average Bonchev–Trinajstić information content (AvgIpc) is 3.32. The Labute approximate surface area is 202 Å². The predicted octanol–water partition coefficient (Wildman–Crippen LogP) is 3.58. The molecule has 35 heavy (non-hydrogen) atoms. The van der Waals surface area contributed by atoms with Crippen LogP contribution in [0.4, 0.5) is 0 Å². The Bertz CT molecular complexity index is 1460. The zero-order valence-corrected chi connectivity index (χ0v) is 20.0. The molecule has 0 saturated carbocycles. The first-order chi connectivity index (χ1) is 17.1. The molecule has 1 aliphatic heterocycles. The summed E-state index contributed by atoms with van der Waals surface area (Å²) in [5.41, 5.74) is 1.78. The number of aromatic nitrogens is 2. The maximum Gasteiger partial charge on any atom is 0.263 e. The maximum atomic E-state index is 13.8. The van der Waals surface area contributed by atoms with Crippen LogP contribution in [0.2, 0.25) is 0 Å². The van der Waals surface area contributed by atoms with E-state index < -0.39 is 0 Å². The third-order valence-electron chi connectivity index (χ3n) is 6.79. The van der Waals surface area contributed by atoms with E-state index in [-0.39, 0.29) is 18.1 Å². The molecule has 0 atom stereocenters. The van der Waals surface area contributed by atoms with Crippen LogP contribution in [-0.4, -0.2) is 59.0 Å². The zero-order chi connectivity index (χ0) is 24.5. The van der Waals surface area contributed by atoms with Gasteiger partial charge in [0.05, 0.1) is 43.0 Å². The topological polar surface area (TPSA) is 85.9 Å². The van der Waals surface area contributed by atoms with Gasteiger partial charge in [0.15, 0.2) is 11.5 Å². The molecule has 0 spiro atoms. The van der Waals surface area contributed by atoms with Crippen LogP contribution in [-0.2, 0) is 6.54 Å². The molecular formula is C27H29N3O5. The lowest BCUT2D eigenvalue weighted by molar-refractivity contribution is 0.0725. The molecule has 1 N–H and O–H groups in total. The normalized spacial score (nSPS) is 14.0.